The highest BCUT2D eigenvalue weighted by Gasteiger charge is 2.01. The molecule has 0 unspecified atom stereocenters. The Morgan fingerprint density at radius 1 is 0.826 bits per heavy atom. The summed E-state index contributed by atoms with van der Waals surface area (Å²) >= 11 is 13.0. The number of alkyl halides is 1. The van der Waals surface area contributed by atoms with Crippen LogP contribution >= 0.6 is 89.4 Å². The Morgan fingerprint density at radius 3 is 1.48 bits per heavy atom. The number of carbonyl (C=O) groups excluding carboxylic acids is 2. The van der Waals surface area contributed by atoms with Gasteiger partial charge in [-0.3, -0.25) is 9.59 Å². The summed E-state index contributed by atoms with van der Waals surface area (Å²) in [5.74, 6) is 0.248. The van der Waals surface area contributed by atoms with Gasteiger partial charge in [-0.25, -0.2) is 0 Å². The Labute approximate surface area is 187 Å². The van der Waals surface area contributed by atoms with Crippen LogP contribution in [0.25, 0.3) is 0 Å². The molecule has 0 saturated carbocycles. The quantitative estimate of drug-likeness (QED) is 0.193. The van der Waals surface area contributed by atoms with Gasteiger partial charge >= 0.3 is 0 Å². The number of carbonyl (C=O) groups is 2. The second-order valence-corrected chi connectivity index (χ2v) is 7.18. The van der Waals surface area contributed by atoms with E-state index in [4.69, 9.17) is 0 Å². The van der Waals surface area contributed by atoms with Crippen molar-refractivity contribution in [1.29, 1.82) is 0 Å². The van der Waals surface area contributed by atoms with E-state index in [2.05, 4.69) is 89.4 Å². The Bertz CT molecular complexity index is 614. The summed E-state index contributed by atoms with van der Waals surface area (Å²) in [6.07, 6.45) is 0. The lowest BCUT2D eigenvalue weighted by Crippen LogP contribution is -1.98. The highest BCUT2D eigenvalue weighted by atomic mass is 127. The molecule has 0 heterocycles. The van der Waals surface area contributed by atoms with Crippen LogP contribution in [0.2, 0.25) is 0 Å². The lowest BCUT2D eigenvalue weighted by Gasteiger charge is -1.95. The van der Waals surface area contributed by atoms with Crippen molar-refractivity contribution in [1.82, 2.24) is 0 Å². The number of halogens is 5. The van der Waals surface area contributed by atoms with E-state index in [0.29, 0.717) is 5.33 Å². The van der Waals surface area contributed by atoms with Gasteiger partial charge in [0.15, 0.2) is 11.6 Å². The van der Waals surface area contributed by atoms with Crippen molar-refractivity contribution >= 4 is 101 Å². The highest BCUT2D eigenvalue weighted by Crippen LogP contribution is 2.08. The van der Waals surface area contributed by atoms with Crippen molar-refractivity contribution in [2.45, 2.75) is 6.92 Å². The summed E-state index contributed by atoms with van der Waals surface area (Å²) in [4.78, 5) is 21.8. The maximum Gasteiger partial charge on any atom is 0.173 e. The molecule has 7 heteroatoms. The van der Waals surface area contributed by atoms with Crippen LogP contribution in [0, 0.1) is 7.14 Å². The van der Waals surface area contributed by atoms with Crippen molar-refractivity contribution in [2.24, 2.45) is 0 Å². The Kier molecular flexibility index (Phi) is 14.3. The first-order chi connectivity index (χ1) is 10.9. The molecular weight excluding hydrogens is 718 g/mol. The van der Waals surface area contributed by atoms with Gasteiger partial charge < -0.3 is 0 Å². The Balaban J connectivity index is 0.000000381. The molecule has 2 aromatic carbocycles. The predicted molar refractivity (Wildman–Crippen MR) is 124 cm³/mol. The second kappa shape index (κ2) is 13.9. The fourth-order valence-electron chi connectivity index (χ4n) is 1.40. The average Bonchev–Trinajstić information content (AvgIpc) is 2.57. The normalized spacial score (nSPS) is 8.96. The monoisotopic (exact) mass is 728 g/mol. The summed E-state index contributed by atoms with van der Waals surface area (Å²) < 4.78 is 2.30. The molecule has 0 aliphatic heterocycles. The number of hydrogen-bond acceptors (Lipinski definition) is 2. The lowest BCUT2D eigenvalue weighted by atomic mass is 10.2. The molecule has 2 nitrogen and oxygen atoms in total. The number of hydrogen-bond donors (Lipinski definition) is 0. The summed E-state index contributed by atoms with van der Waals surface area (Å²) in [5, 5.41) is 0.396. The molecule has 0 saturated heterocycles. The predicted octanol–water partition coefficient (Wildman–Crippen LogP) is 7.05. The number of Topliss-reactive ketones (excluding diaryl/α,β-unsaturated/α-hetero) is 2. The van der Waals surface area contributed by atoms with Crippen LogP contribution in [0.5, 0.6) is 0 Å². The van der Waals surface area contributed by atoms with Crippen LogP contribution in [-0.2, 0) is 0 Å². The van der Waals surface area contributed by atoms with Crippen molar-refractivity contribution in [3.05, 3.63) is 66.8 Å². The molecule has 2 rings (SSSR count). The molecule has 0 fully saturated rings. The van der Waals surface area contributed by atoms with Gasteiger partial charge in [-0.15, -0.1) is 0 Å². The zero-order valence-corrected chi connectivity index (χ0v) is 21.1. The minimum Gasteiger partial charge on any atom is -0.295 e. The molecular formula is C16H13Br3I2O2. The summed E-state index contributed by atoms with van der Waals surface area (Å²) in [6.45, 7) is 1.57. The minimum absolute atomic E-state index is 0.122. The standard InChI is InChI=1S/C8H6BrIO.C8H7IO.Br2/c9-5-8(11)6-1-3-7(10)4-2-6;1-6(10)7-2-4-8(9)5-3-7;1-2/h1-4H,5H2;2-5H,1H3;. The number of benzene rings is 2. The van der Waals surface area contributed by atoms with Crippen LogP contribution in [0.15, 0.2) is 48.5 Å². The minimum atomic E-state index is 0.122. The third kappa shape index (κ3) is 10.3. The number of ketones is 2. The van der Waals surface area contributed by atoms with E-state index in [9.17, 15) is 9.59 Å². The lowest BCUT2D eigenvalue weighted by molar-refractivity contribution is 0.101. The zero-order chi connectivity index (χ0) is 17.8. The maximum atomic E-state index is 11.1. The summed E-state index contributed by atoms with van der Waals surface area (Å²) in [6, 6.07) is 15.1. The molecule has 0 atom stereocenters. The largest absolute Gasteiger partial charge is 0.295 e. The van der Waals surface area contributed by atoms with E-state index in [1.54, 1.807) is 6.92 Å². The maximum absolute atomic E-state index is 11.1. The van der Waals surface area contributed by atoms with Crippen LogP contribution < -0.4 is 0 Å². The van der Waals surface area contributed by atoms with Gasteiger partial charge in [0, 0.05) is 46.5 Å². The van der Waals surface area contributed by atoms with Crippen LogP contribution in [0.3, 0.4) is 0 Å². The van der Waals surface area contributed by atoms with Gasteiger partial charge in [-0.1, -0.05) is 40.2 Å². The molecule has 0 N–H and O–H groups in total. The topological polar surface area (TPSA) is 34.1 Å². The molecule has 0 aliphatic carbocycles. The first-order valence-corrected chi connectivity index (χ1v) is 13.2. The van der Waals surface area contributed by atoms with Crippen LogP contribution in [0.1, 0.15) is 27.6 Å². The van der Waals surface area contributed by atoms with Gasteiger partial charge in [0.05, 0.1) is 5.33 Å². The third-order valence-electron chi connectivity index (χ3n) is 2.54. The van der Waals surface area contributed by atoms with Gasteiger partial charge in [0.1, 0.15) is 0 Å². The summed E-state index contributed by atoms with van der Waals surface area (Å²) in [5.41, 5.74) is 1.54. The first kappa shape index (κ1) is 23.7. The van der Waals surface area contributed by atoms with Gasteiger partial charge in [-0.05, 0) is 76.4 Å². The Hall–Kier alpha value is 0.680. The fraction of sp³-hybridized carbons (Fsp3) is 0.125. The van der Waals surface area contributed by atoms with Gasteiger partial charge in [0.25, 0.3) is 0 Å². The van der Waals surface area contributed by atoms with Crippen molar-refractivity contribution in [3.8, 4) is 0 Å². The number of rotatable bonds is 3. The molecule has 0 spiro atoms. The van der Waals surface area contributed by atoms with E-state index in [1.165, 1.54) is 0 Å². The Morgan fingerprint density at radius 2 is 1.17 bits per heavy atom. The highest BCUT2D eigenvalue weighted by molar-refractivity contribution is 14.1. The van der Waals surface area contributed by atoms with Crippen molar-refractivity contribution < 1.29 is 9.59 Å². The molecule has 2 aromatic rings. The smallest absolute Gasteiger partial charge is 0.173 e. The fourth-order valence-corrected chi connectivity index (χ4v) is 2.44. The SMILES string of the molecule is BrBr.CC(=O)c1ccc(I)cc1.O=C(CBr)c1ccc(I)cc1. The van der Waals surface area contributed by atoms with E-state index < -0.39 is 0 Å². The van der Waals surface area contributed by atoms with E-state index in [-0.39, 0.29) is 11.6 Å². The molecule has 0 aliphatic rings. The average molecular weight is 731 g/mol. The second-order valence-electron chi connectivity index (χ2n) is 4.13. The summed E-state index contributed by atoms with van der Waals surface area (Å²) in [7, 11) is 0. The molecule has 23 heavy (non-hydrogen) atoms. The van der Waals surface area contributed by atoms with Crippen molar-refractivity contribution in [2.75, 3.05) is 5.33 Å². The molecule has 0 radical (unpaired) electrons. The van der Waals surface area contributed by atoms with E-state index in [0.717, 1.165) is 18.3 Å². The third-order valence-corrected chi connectivity index (χ3v) is 4.49. The van der Waals surface area contributed by atoms with Crippen LogP contribution in [0.4, 0.5) is 0 Å². The van der Waals surface area contributed by atoms with E-state index in [1.807, 2.05) is 48.5 Å². The van der Waals surface area contributed by atoms with Crippen molar-refractivity contribution in [3.63, 3.8) is 0 Å². The molecule has 0 aromatic heterocycles. The van der Waals surface area contributed by atoms with E-state index >= 15 is 0 Å². The first-order valence-electron chi connectivity index (χ1n) is 6.19. The van der Waals surface area contributed by atoms with Gasteiger partial charge in [-0.2, -0.15) is 0 Å². The molecule has 0 amide bonds. The van der Waals surface area contributed by atoms with Crippen LogP contribution in [-0.4, -0.2) is 16.9 Å². The molecule has 124 valence electrons. The van der Waals surface area contributed by atoms with Gasteiger partial charge in [0.2, 0.25) is 0 Å². The molecule has 0 bridgehead atoms. The zero-order valence-electron chi connectivity index (χ0n) is 12.0.